The normalized spacial score (nSPS) is 13.0. The first kappa shape index (κ1) is 18.5. The summed E-state index contributed by atoms with van der Waals surface area (Å²) in [6, 6.07) is 3.12. The molecule has 0 spiro atoms. The molecule has 21 heavy (non-hydrogen) atoms. The van der Waals surface area contributed by atoms with Gasteiger partial charge in [-0.2, -0.15) is 0 Å². The fourth-order valence-electron chi connectivity index (χ4n) is 2.16. The van der Waals surface area contributed by atoms with Crippen LogP contribution in [-0.4, -0.2) is 31.8 Å². The molecule has 0 saturated carbocycles. The van der Waals surface area contributed by atoms with E-state index < -0.39 is 9.05 Å². The van der Waals surface area contributed by atoms with Crippen LogP contribution in [-0.2, 0) is 9.05 Å². The van der Waals surface area contributed by atoms with Crippen LogP contribution in [0.5, 0.6) is 0 Å². The second kappa shape index (κ2) is 7.11. The van der Waals surface area contributed by atoms with Gasteiger partial charge in [-0.1, -0.05) is 22.9 Å². The molecule has 0 N–H and O–H groups in total. The van der Waals surface area contributed by atoms with Gasteiger partial charge < -0.3 is 4.90 Å². The molecule has 1 atom stereocenters. The highest BCUT2D eigenvalue weighted by atomic mass is 79.9. The van der Waals surface area contributed by atoms with Crippen molar-refractivity contribution >= 4 is 41.6 Å². The first-order valence-electron chi connectivity index (χ1n) is 6.69. The monoisotopic (exact) mass is 395 g/mol. The summed E-state index contributed by atoms with van der Waals surface area (Å²) in [7, 11) is 1.54. The van der Waals surface area contributed by atoms with Crippen molar-refractivity contribution in [2.45, 2.75) is 45.1 Å². The number of rotatable bonds is 5. The second-order valence-corrected chi connectivity index (χ2v) is 8.31. The Kier molecular flexibility index (Phi) is 6.25. The fourth-order valence-corrected chi connectivity index (χ4v) is 3.99. The Morgan fingerprint density at radius 3 is 2.38 bits per heavy atom. The molecule has 1 amide bonds. The maximum atomic E-state index is 12.7. The van der Waals surface area contributed by atoms with Crippen LogP contribution < -0.4 is 0 Å². The largest absolute Gasteiger partial charge is 0.336 e. The Hall–Kier alpha value is -0.590. The minimum absolute atomic E-state index is 0.0397. The number of nitrogens with zero attached hydrogens (tertiary/aromatic N) is 1. The molecular formula is C14H19BrClNO3S. The lowest BCUT2D eigenvalue weighted by atomic mass is 10.1. The third kappa shape index (κ3) is 4.20. The summed E-state index contributed by atoms with van der Waals surface area (Å²) in [5.41, 5.74) is 0.728. The van der Waals surface area contributed by atoms with E-state index in [0.717, 1.165) is 6.42 Å². The SMILES string of the molecule is CCC(C)N(CC)C(=O)c1cc(Br)cc(S(=O)(=O)Cl)c1C. The molecule has 0 fully saturated rings. The third-order valence-corrected chi connectivity index (χ3v) is 5.45. The minimum Gasteiger partial charge on any atom is -0.336 e. The van der Waals surface area contributed by atoms with Crippen molar-refractivity contribution in [2.75, 3.05) is 6.54 Å². The maximum absolute atomic E-state index is 12.7. The summed E-state index contributed by atoms with van der Waals surface area (Å²) in [4.78, 5) is 14.4. The summed E-state index contributed by atoms with van der Waals surface area (Å²) >= 11 is 3.24. The predicted molar refractivity (Wildman–Crippen MR) is 88.4 cm³/mol. The number of benzene rings is 1. The van der Waals surface area contributed by atoms with Gasteiger partial charge in [-0.25, -0.2) is 8.42 Å². The van der Waals surface area contributed by atoms with Crippen molar-refractivity contribution in [3.8, 4) is 0 Å². The summed E-state index contributed by atoms with van der Waals surface area (Å²) in [6.07, 6.45) is 0.827. The summed E-state index contributed by atoms with van der Waals surface area (Å²) < 4.78 is 23.8. The lowest BCUT2D eigenvalue weighted by Crippen LogP contribution is -2.38. The molecule has 1 rings (SSSR count). The number of hydrogen-bond donors (Lipinski definition) is 0. The maximum Gasteiger partial charge on any atom is 0.261 e. The lowest BCUT2D eigenvalue weighted by molar-refractivity contribution is 0.0699. The molecule has 0 aliphatic carbocycles. The molecule has 0 bridgehead atoms. The van der Waals surface area contributed by atoms with Crippen LogP contribution in [0.1, 0.15) is 43.1 Å². The molecule has 1 aromatic carbocycles. The lowest BCUT2D eigenvalue weighted by Gasteiger charge is -2.28. The average Bonchev–Trinajstić information content (AvgIpc) is 2.40. The fraction of sp³-hybridized carbons (Fsp3) is 0.500. The Labute approximate surface area is 139 Å². The molecular weight excluding hydrogens is 378 g/mol. The van der Waals surface area contributed by atoms with Gasteiger partial charge in [-0.3, -0.25) is 4.79 Å². The zero-order chi connectivity index (χ0) is 16.4. The van der Waals surface area contributed by atoms with Gasteiger partial charge in [-0.05, 0) is 44.9 Å². The highest BCUT2D eigenvalue weighted by molar-refractivity contribution is 9.10. The quantitative estimate of drug-likeness (QED) is 0.708. The molecule has 4 nitrogen and oxygen atoms in total. The molecule has 0 heterocycles. The van der Waals surface area contributed by atoms with Crippen molar-refractivity contribution in [3.05, 3.63) is 27.7 Å². The van der Waals surface area contributed by atoms with E-state index in [1.165, 1.54) is 6.07 Å². The summed E-state index contributed by atoms with van der Waals surface area (Å²) in [5.74, 6) is -0.188. The van der Waals surface area contributed by atoms with E-state index in [4.69, 9.17) is 10.7 Å². The molecule has 0 saturated heterocycles. The molecule has 7 heteroatoms. The van der Waals surface area contributed by atoms with Crippen LogP contribution in [0, 0.1) is 6.92 Å². The Bertz CT molecular complexity index is 646. The van der Waals surface area contributed by atoms with Crippen LogP contribution >= 0.6 is 26.6 Å². The molecule has 0 aliphatic heterocycles. The van der Waals surface area contributed by atoms with Crippen LogP contribution in [0.25, 0.3) is 0 Å². The van der Waals surface area contributed by atoms with Crippen molar-refractivity contribution in [1.29, 1.82) is 0 Å². The number of halogens is 2. The van der Waals surface area contributed by atoms with E-state index in [0.29, 0.717) is 22.1 Å². The van der Waals surface area contributed by atoms with Gasteiger partial charge in [0.15, 0.2) is 0 Å². The van der Waals surface area contributed by atoms with Crippen LogP contribution in [0.2, 0.25) is 0 Å². The zero-order valence-corrected chi connectivity index (χ0v) is 15.6. The highest BCUT2D eigenvalue weighted by Gasteiger charge is 2.25. The standard InChI is InChI=1S/C14H19BrClNO3S/c1-5-9(3)17(6-2)14(18)12-7-11(15)8-13(10(12)4)21(16,19)20/h7-9H,5-6H2,1-4H3. The third-order valence-electron chi connectivity index (χ3n) is 3.54. The van der Waals surface area contributed by atoms with Gasteiger partial charge in [0.1, 0.15) is 0 Å². The van der Waals surface area contributed by atoms with Crippen molar-refractivity contribution in [3.63, 3.8) is 0 Å². The molecule has 0 aromatic heterocycles. The summed E-state index contributed by atoms with van der Waals surface area (Å²) in [5, 5.41) is 0. The smallest absolute Gasteiger partial charge is 0.261 e. The first-order chi connectivity index (χ1) is 9.63. The van der Waals surface area contributed by atoms with Crippen LogP contribution in [0.4, 0.5) is 0 Å². The predicted octanol–water partition coefficient (Wildman–Crippen LogP) is 3.95. The number of carbonyl (C=O) groups is 1. The van der Waals surface area contributed by atoms with Gasteiger partial charge in [0.05, 0.1) is 4.90 Å². The Morgan fingerprint density at radius 1 is 1.38 bits per heavy atom. The molecule has 1 aromatic rings. The van der Waals surface area contributed by atoms with Gasteiger partial charge >= 0.3 is 0 Å². The average molecular weight is 397 g/mol. The highest BCUT2D eigenvalue weighted by Crippen LogP contribution is 2.28. The van der Waals surface area contributed by atoms with Crippen LogP contribution in [0.15, 0.2) is 21.5 Å². The minimum atomic E-state index is -3.90. The number of hydrogen-bond acceptors (Lipinski definition) is 3. The Balaban J connectivity index is 3.44. The molecule has 1 unspecified atom stereocenters. The van der Waals surface area contributed by atoms with Crippen molar-refractivity contribution in [1.82, 2.24) is 4.90 Å². The van der Waals surface area contributed by atoms with Gasteiger partial charge in [-0.15, -0.1) is 0 Å². The summed E-state index contributed by atoms with van der Waals surface area (Å²) in [6.45, 7) is 8.02. The number of carbonyl (C=O) groups excluding carboxylic acids is 1. The van der Waals surface area contributed by atoms with Gasteiger partial charge in [0.2, 0.25) is 0 Å². The van der Waals surface area contributed by atoms with E-state index in [1.54, 1.807) is 17.9 Å². The zero-order valence-electron chi connectivity index (χ0n) is 12.5. The molecule has 118 valence electrons. The van der Waals surface area contributed by atoms with E-state index >= 15 is 0 Å². The van der Waals surface area contributed by atoms with E-state index in [-0.39, 0.29) is 16.8 Å². The first-order valence-corrected chi connectivity index (χ1v) is 9.79. The van der Waals surface area contributed by atoms with Crippen molar-refractivity contribution < 1.29 is 13.2 Å². The van der Waals surface area contributed by atoms with Gasteiger partial charge in [0, 0.05) is 33.3 Å². The van der Waals surface area contributed by atoms with E-state index in [1.807, 2.05) is 20.8 Å². The van der Waals surface area contributed by atoms with E-state index in [2.05, 4.69) is 15.9 Å². The second-order valence-electron chi connectivity index (χ2n) is 4.86. The Morgan fingerprint density at radius 2 is 1.95 bits per heavy atom. The molecule has 0 radical (unpaired) electrons. The topological polar surface area (TPSA) is 54.5 Å². The van der Waals surface area contributed by atoms with Crippen LogP contribution in [0.3, 0.4) is 0 Å². The van der Waals surface area contributed by atoms with Gasteiger partial charge in [0.25, 0.3) is 15.0 Å². The van der Waals surface area contributed by atoms with E-state index in [9.17, 15) is 13.2 Å². The number of amides is 1. The van der Waals surface area contributed by atoms with Crippen molar-refractivity contribution in [2.24, 2.45) is 0 Å². The molecule has 0 aliphatic rings.